The van der Waals surface area contributed by atoms with E-state index in [1.807, 2.05) is 25.2 Å². The van der Waals surface area contributed by atoms with Gasteiger partial charge in [0.15, 0.2) is 0 Å². The summed E-state index contributed by atoms with van der Waals surface area (Å²) in [5.74, 6) is -0.724. The van der Waals surface area contributed by atoms with Gasteiger partial charge in [0, 0.05) is 12.4 Å². The van der Waals surface area contributed by atoms with Crippen molar-refractivity contribution in [3.05, 3.63) is 28.4 Å². The Morgan fingerprint density at radius 3 is 2.78 bits per heavy atom. The van der Waals surface area contributed by atoms with Crippen molar-refractivity contribution in [3.8, 4) is 0 Å². The first kappa shape index (κ1) is 11.7. The van der Waals surface area contributed by atoms with Crippen molar-refractivity contribution in [3.63, 3.8) is 0 Å². The Bertz CT molecular complexity index is 644. The number of halogens is 1. The SMILES string of the molecule is Cn1nc(Br)c2cccc(C3(C(=O)O)CCC3)c21. The van der Waals surface area contributed by atoms with E-state index in [2.05, 4.69) is 21.0 Å². The van der Waals surface area contributed by atoms with Gasteiger partial charge >= 0.3 is 5.97 Å². The Kier molecular flexibility index (Phi) is 2.48. The summed E-state index contributed by atoms with van der Waals surface area (Å²) in [6, 6.07) is 5.79. The van der Waals surface area contributed by atoms with E-state index >= 15 is 0 Å². The maximum absolute atomic E-state index is 11.6. The molecule has 0 amide bonds. The third kappa shape index (κ3) is 1.37. The Hall–Kier alpha value is -1.36. The van der Waals surface area contributed by atoms with Gasteiger partial charge in [0.2, 0.25) is 0 Å². The zero-order valence-electron chi connectivity index (χ0n) is 9.98. The van der Waals surface area contributed by atoms with Gasteiger partial charge in [-0.15, -0.1) is 0 Å². The molecule has 0 aliphatic heterocycles. The number of carboxylic acid groups (broad SMARTS) is 1. The van der Waals surface area contributed by atoms with Crippen LogP contribution in [0.15, 0.2) is 22.8 Å². The predicted molar refractivity (Wildman–Crippen MR) is 71.6 cm³/mol. The Balaban J connectivity index is 2.33. The summed E-state index contributed by atoms with van der Waals surface area (Å²) in [6.07, 6.45) is 2.40. The van der Waals surface area contributed by atoms with Crippen molar-refractivity contribution in [1.29, 1.82) is 0 Å². The quantitative estimate of drug-likeness (QED) is 0.928. The summed E-state index contributed by atoms with van der Waals surface area (Å²) < 4.78 is 2.53. The van der Waals surface area contributed by atoms with Gasteiger partial charge in [0.1, 0.15) is 4.60 Å². The van der Waals surface area contributed by atoms with Gasteiger partial charge in [0.05, 0.1) is 10.9 Å². The molecule has 1 N–H and O–H groups in total. The highest BCUT2D eigenvalue weighted by molar-refractivity contribution is 9.10. The highest BCUT2D eigenvalue weighted by Gasteiger charge is 2.47. The first-order valence-corrected chi connectivity index (χ1v) is 6.71. The number of aliphatic carboxylic acids is 1. The second kappa shape index (κ2) is 3.82. The van der Waals surface area contributed by atoms with E-state index < -0.39 is 11.4 Å². The van der Waals surface area contributed by atoms with Crippen LogP contribution in [-0.4, -0.2) is 20.9 Å². The van der Waals surface area contributed by atoms with Gasteiger partial charge in [-0.1, -0.05) is 24.6 Å². The number of aromatic nitrogens is 2. The summed E-state index contributed by atoms with van der Waals surface area (Å²) in [6.45, 7) is 0. The molecule has 1 aliphatic rings. The molecule has 1 saturated carbocycles. The van der Waals surface area contributed by atoms with E-state index in [1.165, 1.54) is 0 Å². The third-order valence-corrected chi connectivity index (χ3v) is 4.54. The monoisotopic (exact) mass is 308 g/mol. The van der Waals surface area contributed by atoms with E-state index in [0.717, 1.165) is 27.5 Å². The minimum absolute atomic E-state index is 0.713. The number of aryl methyl sites for hydroxylation is 1. The Labute approximate surface area is 113 Å². The zero-order valence-corrected chi connectivity index (χ0v) is 11.6. The standard InChI is InChI=1S/C13H13BrN2O2/c1-16-10-8(11(14)15-16)4-2-5-9(10)13(12(17)18)6-3-7-13/h2,4-5H,3,6-7H2,1H3,(H,17,18). The third-order valence-electron chi connectivity index (χ3n) is 3.95. The molecule has 2 aromatic rings. The molecule has 1 aromatic heterocycles. The smallest absolute Gasteiger partial charge is 0.314 e. The molecule has 5 heteroatoms. The van der Waals surface area contributed by atoms with Crippen molar-refractivity contribution >= 4 is 32.8 Å². The summed E-state index contributed by atoms with van der Waals surface area (Å²) in [5, 5.41) is 14.9. The van der Waals surface area contributed by atoms with Crippen molar-refractivity contribution in [2.24, 2.45) is 7.05 Å². The topological polar surface area (TPSA) is 55.1 Å². The maximum atomic E-state index is 11.6. The van der Waals surface area contributed by atoms with E-state index in [1.54, 1.807) is 4.68 Å². The van der Waals surface area contributed by atoms with E-state index in [4.69, 9.17) is 0 Å². The first-order chi connectivity index (χ1) is 8.56. The van der Waals surface area contributed by atoms with Crippen LogP contribution in [0.5, 0.6) is 0 Å². The van der Waals surface area contributed by atoms with Crippen LogP contribution in [0.25, 0.3) is 10.9 Å². The molecule has 4 nitrogen and oxygen atoms in total. The van der Waals surface area contributed by atoms with Gasteiger partial charge in [-0.05, 0) is 34.3 Å². The highest BCUT2D eigenvalue weighted by Crippen LogP contribution is 2.46. The second-order valence-electron chi connectivity index (χ2n) is 4.86. The van der Waals surface area contributed by atoms with Gasteiger partial charge in [0.25, 0.3) is 0 Å². The van der Waals surface area contributed by atoms with Crippen molar-refractivity contribution in [2.45, 2.75) is 24.7 Å². The van der Waals surface area contributed by atoms with Gasteiger partial charge in [-0.25, -0.2) is 0 Å². The van der Waals surface area contributed by atoms with Crippen LogP contribution in [0.1, 0.15) is 24.8 Å². The van der Waals surface area contributed by atoms with Crippen molar-refractivity contribution in [1.82, 2.24) is 9.78 Å². The average Bonchev–Trinajstić information content (AvgIpc) is 2.53. The molecule has 0 atom stereocenters. The molecule has 0 bridgehead atoms. The molecule has 0 radical (unpaired) electrons. The zero-order chi connectivity index (χ0) is 12.9. The molecule has 0 saturated heterocycles. The van der Waals surface area contributed by atoms with E-state index in [9.17, 15) is 9.90 Å². The molecular weight excluding hydrogens is 296 g/mol. The fourth-order valence-corrected chi connectivity index (χ4v) is 3.37. The van der Waals surface area contributed by atoms with Gasteiger partial charge in [-0.3, -0.25) is 9.48 Å². The van der Waals surface area contributed by atoms with Crippen LogP contribution >= 0.6 is 15.9 Å². The molecule has 3 rings (SSSR count). The van der Waals surface area contributed by atoms with Gasteiger partial charge in [-0.2, -0.15) is 5.10 Å². The summed E-state index contributed by atoms with van der Waals surface area (Å²) >= 11 is 3.42. The molecule has 0 spiro atoms. The lowest BCUT2D eigenvalue weighted by atomic mass is 9.64. The number of benzene rings is 1. The molecule has 1 heterocycles. The number of para-hydroxylation sites is 1. The number of carbonyl (C=O) groups is 1. The Morgan fingerprint density at radius 1 is 1.50 bits per heavy atom. The molecule has 1 aromatic carbocycles. The predicted octanol–water partition coefficient (Wildman–Crippen LogP) is 2.84. The van der Waals surface area contributed by atoms with Crippen LogP contribution in [0.2, 0.25) is 0 Å². The minimum Gasteiger partial charge on any atom is -0.481 e. The van der Waals surface area contributed by atoms with Crippen LogP contribution < -0.4 is 0 Å². The first-order valence-electron chi connectivity index (χ1n) is 5.91. The van der Waals surface area contributed by atoms with E-state index in [0.29, 0.717) is 12.8 Å². The number of rotatable bonds is 2. The van der Waals surface area contributed by atoms with E-state index in [-0.39, 0.29) is 0 Å². The summed E-state index contributed by atoms with van der Waals surface area (Å²) in [4.78, 5) is 11.6. The van der Waals surface area contributed by atoms with Crippen molar-refractivity contribution in [2.75, 3.05) is 0 Å². The second-order valence-corrected chi connectivity index (χ2v) is 5.61. The van der Waals surface area contributed by atoms with Crippen LogP contribution in [-0.2, 0) is 17.3 Å². The molecule has 0 unspecified atom stereocenters. The number of hydrogen-bond donors (Lipinski definition) is 1. The van der Waals surface area contributed by atoms with Crippen LogP contribution in [0.3, 0.4) is 0 Å². The summed E-state index contributed by atoms with van der Waals surface area (Å²) in [5.41, 5.74) is 1.10. The number of nitrogens with zero attached hydrogens (tertiary/aromatic N) is 2. The lowest BCUT2D eigenvalue weighted by molar-refractivity contribution is -0.147. The lowest BCUT2D eigenvalue weighted by Gasteiger charge is -2.38. The Morgan fingerprint density at radius 2 is 2.22 bits per heavy atom. The van der Waals surface area contributed by atoms with Gasteiger partial charge < -0.3 is 5.11 Å². The largest absolute Gasteiger partial charge is 0.481 e. The van der Waals surface area contributed by atoms with Crippen LogP contribution in [0.4, 0.5) is 0 Å². The highest BCUT2D eigenvalue weighted by atomic mass is 79.9. The molecule has 18 heavy (non-hydrogen) atoms. The molecule has 1 aliphatic carbocycles. The average molecular weight is 309 g/mol. The van der Waals surface area contributed by atoms with Crippen LogP contribution in [0, 0.1) is 0 Å². The normalized spacial score (nSPS) is 17.7. The minimum atomic E-state index is -0.724. The van der Waals surface area contributed by atoms with Crippen molar-refractivity contribution < 1.29 is 9.90 Å². The fraction of sp³-hybridized carbons (Fsp3) is 0.385. The fourth-order valence-electron chi connectivity index (χ4n) is 2.81. The summed E-state index contributed by atoms with van der Waals surface area (Å²) in [7, 11) is 1.85. The lowest BCUT2D eigenvalue weighted by Crippen LogP contribution is -2.42. The molecular formula is C13H13BrN2O2. The molecule has 1 fully saturated rings. The molecule has 94 valence electrons. The number of hydrogen-bond acceptors (Lipinski definition) is 2. The number of carboxylic acids is 1. The number of fused-ring (bicyclic) bond motifs is 1. The maximum Gasteiger partial charge on any atom is 0.314 e.